The number of unbranched alkanes of at least 4 members (excludes halogenated alkanes) is 1. The number of aromatic nitrogens is 1. The first-order valence-electron chi connectivity index (χ1n) is 6.62. The SMILES string of the molecule is Cc1cnc(N(CCCCO)C2CC2)c([N+](=O)[O-])c1. The van der Waals surface area contributed by atoms with Crippen molar-refractivity contribution in [3.63, 3.8) is 0 Å². The molecule has 0 unspecified atom stereocenters. The maximum absolute atomic E-state index is 11.2. The second-order valence-corrected chi connectivity index (χ2v) is 4.97. The number of nitro groups is 1. The second kappa shape index (κ2) is 5.97. The van der Waals surface area contributed by atoms with Crippen LogP contribution in [0, 0.1) is 17.0 Å². The quantitative estimate of drug-likeness (QED) is 0.463. The van der Waals surface area contributed by atoms with Crippen molar-refractivity contribution in [3.8, 4) is 0 Å². The van der Waals surface area contributed by atoms with Crippen molar-refractivity contribution in [1.29, 1.82) is 0 Å². The summed E-state index contributed by atoms with van der Waals surface area (Å²) < 4.78 is 0. The molecule has 1 aliphatic carbocycles. The van der Waals surface area contributed by atoms with Gasteiger partial charge in [-0.05, 0) is 38.2 Å². The molecule has 1 N–H and O–H groups in total. The molecule has 0 radical (unpaired) electrons. The van der Waals surface area contributed by atoms with E-state index in [0.29, 0.717) is 24.8 Å². The van der Waals surface area contributed by atoms with Crippen molar-refractivity contribution in [2.75, 3.05) is 18.1 Å². The maximum Gasteiger partial charge on any atom is 0.311 e. The van der Waals surface area contributed by atoms with Crippen LogP contribution in [-0.4, -0.2) is 34.2 Å². The maximum atomic E-state index is 11.2. The number of hydrogen-bond acceptors (Lipinski definition) is 5. The lowest BCUT2D eigenvalue weighted by Gasteiger charge is -2.23. The highest BCUT2D eigenvalue weighted by Crippen LogP contribution is 2.35. The molecule has 19 heavy (non-hydrogen) atoms. The normalized spacial score (nSPS) is 14.4. The van der Waals surface area contributed by atoms with Gasteiger partial charge in [-0.1, -0.05) is 0 Å². The summed E-state index contributed by atoms with van der Waals surface area (Å²) in [4.78, 5) is 17.1. The Hall–Kier alpha value is -1.69. The summed E-state index contributed by atoms with van der Waals surface area (Å²) in [6.07, 6.45) is 5.32. The van der Waals surface area contributed by atoms with E-state index in [-0.39, 0.29) is 17.2 Å². The third kappa shape index (κ3) is 3.41. The van der Waals surface area contributed by atoms with Crippen LogP contribution in [0.2, 0.25) is 0 Å². The van der Waals surface area contributed by atoms with Gasteiger partial charge in [0.25, 0.3) is 0 Å². The van der Waals surface area contributed by atoms with E-state index in [0.717, 1.165) is 24.8 Å². The summed E-state index contributed by atoms with van der Waals surface area (Å²) in [6.45, 7) is 2.67. The Labute approximate surface area is 112 Å². The minimum Gasteiger partial charge on any atom is -0.396 e. The van der Waals surface area contributed by atoms with Crippen LogP contribution >= 0.6 is 0 Å². The zero-order valence-corrected chi connectivity index (χ0v) is 11.1. The fraction of sp³-hybridized carbons (Fsp3) is 0.615. The lowest BCUT2D eigenvalue weighted by atomic mass is 10.2. The van der Waals surface area contributed by atoms with Gasteiger partial charge in [0.15, 0.2) is 0 Å². The molecule has 0 aromatic carbocycles. The molecule has 0 saturated heterocycles. The highest BCUT2D eigenvalue weighted by molar-refractivity contribution is 5.59. The van der Waals surface area contributed by atoms with Crippen LogP contribution in [0.1, 0.15) is 31.2 Å². The summed E-state index contributed by atoms with van der Waals surface area (Å²) >= 11 is 0. The van der Waals surface area contributed by atoms with Gasteiger partial charge in [0.1, 0.15) is 0 Å². The summed E-state index contributed by atoms with van der Waals surface area (Å²) in [5, 5.41) is 20.0. The third-order valence-electron chi connectivity index (χ3n) is 3.25. The lowest BCUT2D eigenvalue weighted by Crippen LogP contribution is -2.28. The largest absolute Gasteiger partial charge is 0.396 e. The third-order valence-corrected chi connectivity index (χ3v) is 3.25. The Morgan fingerprint density at radius 1 is 1.53 bits per heavy atom. The number of anilines is 1. The van der Waals surface area contributed by atoms with Crippen molar-refractivity contribution < 1.29 is 10.0 Å². The van der Waals surface area contributed by atoms with Gasteiger partial charge in [0.05, 0.1) is 4.92 Å². The van der Waals surface area contributed by atoms with Crippen molar-refractivity contribution >= 4 is 11.5 Å². The van der Waals surface area contributed by atoms with Crippen molar-refractivity contribution in [1.82, 2.24) is 4.98 Å². The summed E-state index contributed by atoms with van der Waals surface area (Å²) in [5.74, 6) is 0.469. The standard InChI is InChI=1S/C13H19N3O3/c1-10-8-12(16(18)19)13(14-9-10)15(11-4-5-11)6-2-3-7-17/h8-9,11,17H,2-7H2,1H3. The molecular formula is C13H19N3O3. The van der Waals surface area contributed by atoms with Crippen LogP contribution in [0.15, 0.2) is 12.3 Å². The van der Waals surface area contributed by atoms with E-state index in [1.807, 2.05) is 4.90 Å². The molecule has 0 bridgehead atoms. The number of nitrogens with zero attached hydrogens (tertiary/aromatic N) is 3. The van der Waals surface area contributed by atoms with Crippen LogP contribution in [0.25, 0.3) is 0 Å². The van der Waals surface area contributed by atoms with Gasteiger partial charge < -0.3 is 10.0 Å². The zero-order valence-electron chi connectivity index (χ0n) is 11.1. The van der Waals surface area contributed by atoms with Gasteiger partial charge in [-0.3, -0.25) is 10.1 Å². The minimum absolute atomic E-state index is 0.0795. The van der Waals surface area contributed by atoms with Gasteiger partial charge in [-0.2, -0.15) is 0 Å². The first-order valence-corrected chi connectivity index (χ1v) is 6.62. The topological polar surface area (TPSA) is 79.5 Å². The molecular weight excluding hydrogens is 246 g/mol. The number of aliphatic hydroxyl groups excluding tert-OH is 1. The number of aryl methyl sites for hydroxylation is 1. The Morgan fingerprint density at radius 2 is 2.26 bits per heavy atom. The van der Waals surface area contributed by atoms with E-state index < -0.39 is 0 Å². The molecule has 104 valence electrons. The molecule has 0 aliphatic heterocycles. The molecule has 1 aromatic rings. The molecule has 0 atom stereocenters. The predicted molar refractivity (Wildman–Crippen MR) is 72.3 cm³/mol. The van der Waals surface area contributed by atoms with Gasteiger partial charge >= 0.3 is 5.69 Å². The number of pyridine rings is 1. The van der Waals surface area contributed by atoms with Crippen LogP contribution in [0.4, 0.5) is 11.5 Å². The van der Waals surface area contributed by atoms with E-state index >= 15 is 0 Å². The van der Waals surface area contributed by atoms with E-state index in [1.54, 1.807) is 19.2 Å². The highest BCUT2D eigenvalue weighted by atomic mass is 16.6. The van der Waals surface area contributed by atoms with Crippen LogP contribution in [0.3, 0.4) is 0 Å². The summed E-state index contributed by atoms with van der Waals surface area (Å²) in [7, 11) is 0. The number of aliphatic hydroxyl groups is 1. The van der Waals surface area contributed by atoms with Gasteiger partial charge in [-0.15, -0.1) is 0 Å². The average molecular weight is 265 g/mol. The van der Waals surface area contributed by atoms with Crippen LogP contribution in [0.5, 0.6) is 0 Å². The van der Waals surface area contributed by atoms with E-state index in [9.17, 15) is 10.1 Å². The smallest absolute Gasteiger partial charge is 0.311 e. The fourth-order valence-electron chi connectivity index (χ4n) is 2.14. The average Bonchev–Trinajstić information content (AvgIpc) is 3.19. The fourth-order valence-corrected chi connectivity index (χ4v) is 2.14. The first kappa shape index (κ1) is 13.7. The van der Waals surface area contributed by atoms with Crippen molar-refractivity contribution in [2.24, 2.45) is 0 Å². The zero-order chi connectivity index (χ0) is 13.8. The molecule has 1 aromatic heterocycles. The monoisotopic (exact) mass is 265 g/mol. The Morgan fingerprint density at radius 3 is 2.84 bits per heavy atom. The van der Waals surface area contributed by atoms with E-state index in [1.165, 1.54) is 0 Å². The first-order chi connectivity index (χ1) is 9.13. The highest BCUT2D eigenvalue weighted by Gasteiger charge is 2.33. The molecule has 2 rings (SSSR count). The Bertz CT molecular complexity index is 460. The van der Waals surface area contributed by atoms with Crippen molar-refractivity contribution in [2.45, 2.75) is 38.6 Å². The second-order valence-electron chi connectivity index (χ2n) is 4.97. The minimum atomic E-state index is -0.364. The molecule has 6 heteroatoms. The van der Waals surface area contributed by atoms with E-state index in [2.05, 4.69) is 4.98 Å². The van der Waals surface area contributed by atoms with Gasteiger partial charge in [0.2, 0.25) is 5.82 Å². The molecule has 0 amide bonds. The lowest BCUT2D eigenvalue weighted by molar-refractivity contribution is -0.384. The molecule has 1 saturated carbocycles. The summed E-state index contributed by atoms with van der Waals surface area (Å²) in [6, 6.07) is 1.94. The van der Waals surface area contributed by atoms with Crippen LogP contribution < -0.4 is 4.90 Å². The van der Waals surface area contributed by atoms with E-state index in [4.69, 9.17) is 5.11 Å². The molecule has 1 aliphatic rings. The summed E-state index contributed by atoms with van der Waals surface area (Å²) in [5.41, 5.74) is 0.873. The Kier molecular flexibility index (Phi) is 4.31. The van der Waals surface area contributed by atoms with Crippen molar-refractivity contribution in [3.05, 3.63) is 27.9 Å². The molecule has 1 fully saturated rings. The predicted octanol–water partition coefficient (Wildman–Crippen LogP) is 2.04. The van der Waals surface area contributed by atoms with Gasteiger partial charge in [0, 0.05) is 31.5 Å². The van der Waals surface area contributed by atoms with Crippen LogP contribution in [-0.2, 0) is 0 Å². The molecule has 0 spiro atoms. The number of hydrogen-bond donors (Lipinski definition) is 1. The Balaban J connectivity index is 2.23. The number of rotatable bonds is 7. The molecule has 6 nitrogen and oxygen atoms in total. The molecule has 1 heterocycles. The van der Waals surface area contributed by atoms with Gasteiger partial charge in [-0.25, -0.2) is 4.98 Å².